The number of benzene rings is 1. The Labute approximate surface area is 146 Å². The fraction of sp³-hybridized carbons (Fsp3) is 0.438. The van der Waals surface area contributed by atoms with E-state index in [0.29, 0.717) is 5.13 Å². The third-order valence-electron chi connectivity index (χ3n) is 3.33. The number of rotatable bonds is 9. The lowest BCUT2D eigenvalue weighted by molar-refractivity contribution is -0.115. The van der Waals surface area contributed by atoms with Crippen molar-refractivity contribution >= 4 is 32.2 Å². The number of hydrogen-bond donors (Lipinski definition) is 1. The van der Waals surface area contributed by atoms with E-state index < -0.39 is 9.84 Å². The van der Waals surface area contributed by atoms with Crippen LogP contribution in [0.25, 0.3) is 0 Å². The van der Waals surface area contributed by atoms with Crippen LogP contribution in [0.3, 0.4) is 0 Å². The van der Waals surface area contributed by atoms with E-state index >= 15 is 0 Å². The van der Waals surface area contributed by atoms with Crippen molar-refractivity contribution < 1.29 is 13.2 Å². The molecule has 1 amide bonds. The summed E-state index contributed by atoms with van der Waals surface area (Å²) in [5, 5.41) is 11.8. The average molecular weight is 367 g/mol. The van der Waals surface area contributed by atoms with Crippen LogP contribution in [0.15, 0.2) is 30.3 Å². The molecule has 8 heteroatoms. The normalized spacial score (nSPS) is 11.4. The molecule has 2 rings (SSSR count). The molecule has 0 saturated heterocycles. The number of carbonyl (C=O) groups is 1. The molecule has 1 heterocycles. The molecule has 0 unspecified atom stereocenters. The second-order valence-electron chi connectivity index (χ2n) is 5.48. The Morgan fingerprint density at radius 3 is 2.67 bits per heavy atom. The fourth-order valence-corrected chi connectivity index (χ4v) is 4.20. The molecule has 1 aromatic heterocycles. The van der Waals surface area contributed by atoms with Gasteiger partial charge in [0.25, 0.3) is 0 Å². The van der Waals surface area contributed by atoms with Crippen LogP contribution >= 0.6 is 11.3 Å². The zero-order valence-electron chi connectivity index (χ0n) is 13.6. The Morgan fingerprint density at radius 1 is 1.21 bits per heavy atom. The number of hydrogen-bond acceptors (Lipinski definition) is 6. The van der Waals surface area contributed by atoms with Crippen molar-refractivity contribution in [1.82, 2.24) is 10.2 Å². The van der Waals surface area contributed by atoms with E-state index in [0.717, 1.165) is 29.8 Å². The number of nitrogens with one attached hydrogen (secondary N) is 1. The van der Waals surface area contributed by atoms with Crippen molar-refractivity contribution in [2.24, 2.45) is 0 Å². The average Bonchev–Trinajstić information content (AvgIpc) is 2.99. The molecule has 0 bridgehead atoms. The number of anilines is 1. The monoisotopic (exact) mass is 367 g/mol. The minimum Gasteiger partial charge on any atom is -0.301 e. The van der Waals surface area contributed by atoms with Gasteiger partial charge in [-0.15, -0.1) is 10.2 Å². The van der Waals surface area contributed by atoms with Gasteiger partial charge in [0, 0.05) is 12.8 Å². The number of amides is 1. The van der Waals surface area contributed by atoms with Gasteiger partial charge in [-0.1, -0.05) is 55.0 Å². The number of aryl methyl sites for hydroxylation is 1. The second kappa shape index (κ2) is 8.89. The predicted molar refractivity (Wildman–Crippen MR) is 95.7 cm³/mol. The van der Waals surface area contributed by atoms with Crippen molar-refractivity contribution in [2.45, 2.75) is 38.4 Å². The maximum absolute atomic E-state index is 12.1. The topological polar surface area (TPSA) is 89.0 Å². The van der Waals surface area contributed by atoms with Crippen LogP contribution in [0, 0.1) is 0 Å². The van der Waals surface area contributed by atoms with Gasteiger partial charge in [0.05, 0.1) is 11.5 Å². The van der Waals surface area contributed by atoms with Gasteiger partial charge in [-0.25, -0.2) is 8.42 Å². The molecule has 0 aliphatic rings. The van der Waals surface area contributed by atoms with Gasteiger partial charge >= 0.3 is 0 Å². The van der Waals surface area contributed by atoms with Gasteiger partial charge in [-0.3, -0.25) is 4.79 Å². The van der Waals surface area contributed by atoms with E-state index in [1.807, 2.05) is 6.07 Å². The smallest absolute Gasteiger partial charge is 0.227 e. The fourth-order valence-electron chi connectivity index (χ4n) is 2.06. The molecule has 24 heavy (non-hydrogen) atoms. The molecule has 0 aliphatic carbocycles. The van der Waals surface area contributed by atoms with E-state index in [1.165, 1.54) is 11.3 Å². The molecule has 0 spiro atoms. The van der Waals surface area contributed by atoms with E-state index in [2.05, 4.69) is 22.4 Å². The van der Waals surface area contributed by atoms with Crippen molar-refractivity contribution in [3.63, 3.8) is 0 Å². The van der Waals surface area contributed by atoms with Gasteiger partial charge in [0.2, 0.25) is 11.0 Å². The molecule has 0 radical (unpaired) electrons. The van der Waals surface area contributed by atoms with Crippen LogP contribution in [0.4, 0.5) is 5.13 Å². The van der Waals surface area contributed by atoms with Gasteiger partial charge in [-0.05, 0) is 12.0 Å². The molecule has 0 aliphatic heterocycles. The van der Waals surface area contributed by atoms with Gasteiger partial charge in [0.1, 0.15) is 5.01 Å². The zero-order valence-corrected chi connectivity index (χ0v) is 15.2. The maximum atomic E-state index is 12.1. The van der Waals surface area contributed by atoms with Crippen LogP contribution in [0.2, 0.25) is 0 Å². The molecule has 1 N–H and O–H groups in total. The SMILES string of the molecule is CCCCc1nnc(NC(=O)CCS(=O)(=O)Cc2ccccc2)s1. The van der Waals surface area contributed by atoms with E-state index in [4.69, 9.17) is 0 Å². The number of aromatic nitrogens is 2. The summed E-state index contributed by atoms with van der Waals surface area (Å²) in [6, 6.07) is 8.94. The minimum absolute atomic E-state index is 0.0545. The third-order valence-corrected chi connectivity index (χ3v) is 5.82. The highest BCUT2D eigenvalue weighted by Gasteiger charge is 2.15. The van der Waals surface area contributed by atoms with E-state index in [1.54, 1.807) is 24.3 Å². The van der Waals surface area contributed by atoms with Gasteiger partial charge in [0.15, 0.2) is 9.84 Å². The second-order valence-corrected chi connectivity index (χ2v) is 8.73. The summed E-state index contributed by atoms with van der Waals surface area (Å²) in [5.74, 6) is -0.596. The van der Waals surface area contributed by atoms with E-state index in [9.17, 15) is 13.2 Å². The standard InChI is InChI=1S/C16H21N3O3S2/c1-2-3-9-15-18-19-16(23-15)17-14(20)10-11-24(21,22)12-13-7-5-4-6-8-13/h4-8H,2-3,9-12H2,1H3,(H,17,19,20). The molecular formula is C16H21N3O3S2. The zero-order chi connectivity index (χ0) is 17.4. The van der Waals surface area contributed by atoms with Gasteiger partial charge in [-0.2, -0.15) is 0 Å². The summed E-state index contributed by atoms with van der Waals surface area (Å²) >= 11 is 1.33. The number of unbranched alkanes of at least 4 members (excludes halogenated alkanes) is 1. The summed E-state index contributed by atoms with van der Waals surface area (Å²) in [7, 11) is -3.32. The Balaban J connectivity index is 1.81. The largest absolute Gasteiger partial charge is 0.301 e. The Bertz CT molecular complexity index is 758. The van der Waals surface area contributed by atoms with Crippen LogP contribution in [0.5, 0.6) is 0 Å². The van der Waals surface area contributed by atoms with Gasteiger partial charge < -0.3 is 5.32 Å². The summed E-state index contributed by atoms with van der Waals surface area (Å²) in [5.41, 5.74) is 0.725. The molecule has 0 atom stereocenters. The highest BCUT2D eigenvalue weighted by atomic mass is 32.2. The summed E-state index contributed by atoms with van der Waals surface area (Å²) in [6.45, 7) is 2.10. The van der Waals surface area contributed by atoms with Crippen molar-refractivity contribution in [3.8, 4) is 0 Å². The number of nitrogens with zero attached hydrogens (tertiary/aromatic N) is 2. The third kappa shape index (κ3) is 6.37. The first-order valence-corrected chi connectivity index (χ1v) is 10.5. The lowest BCUT2D eigenvalue weighted by Gasteiger charge is -2.04. The van der Waals surface area contributed by atoms with Crippen LogP contribution in [-0.4, -0.2) is 30.3 Å². The first-order chi connectivity index (χ1) is 11.5. The molecule has 0 fully saturated rings. The molecule has 2 aromatic rings. The van der Waals surface area contributed by atoms with Crippen LogP contribution < -0.4 is 5.32 Å². The van der Waals surface area contributed by atoms with Crippen molar-refractivity contribution in [1.29, 1.82) is 0 Å². The Morgan fingerprint density at radius 2 is 1.96 bits per heavy atom. The summed E-state index contributed by atoms with van der Waals surface area (Å²) in [4.78, 5) is 11.9. The molecular weight excluding hydrogens is 346 g/mol. The quantitative estimate of drug-likeness (QED) is 0.736. The first-order valence-electron chi connectivity index (χ1n) is 7.85. The Hall–Kier alpha value is -1.80. The first kappa shape index (κ1) is 18.5. The number of carbonyl (C=O) groups excluding carboxylic acids is 1. The molecule has 6 nitrogen and oxygen atoms in total. The highest BCUT2D eigenvalue weighted by molar-refractivity contribution is 7.90. The lowest BCUT2D eigenvalue weighted by atomic mass is 10.2. The van der Waals surface area contributed by atoms with Crippen LogP contribution in [0.1, 0.15) is 36.8 Å². The number of sulfone groups is 1. The van der Waals surface area contributed by atoms with Crippen molar-refractivity contribution in [3.05, 3.63) is 40.9 Å². The predicted octanol–water partition coefficient (Wildman–Crippen LogP) is 2.82. The highest BCUT2D eigenvalue weighted by Crippen LogP contribution is 2.17. The molecule has 0 saturated carbocycles. The summed E-state index contributed by atoms with van der Waals surface area (Å²) in [6.07, 6.45) is 2.86. The minimum atomic E-state index is -3.32. The molecule has 130 valence electrons. The summed E-state index contributed by atoms with van der Waals surface area (Å²) < 4.78 is 24.1. The van der Waals surface area contributed by atoms with Crippen LogP contribution in [-0.2, 0) is 26.8 Å². The van der Waals surface area contributed by atoms with E-state index in [-0.39, 0.29) is 23.8 Å². The Kier molecular flexibility index (Phi) is 6.86. The lowest BCUT2D eigenvalue weighted by Crippen LogP contribution is -2.18. The van der Waals surface area contributed by atoms with Crippen molar-refractivity contribution in [2.75, 3.05) is 11.1 Å². The molecule has 1 aromatic carbocycles. The maximum Gasteiger partial charge on any atom is 0.227 e.